The summed E-state index contributed by atoms with van der Waals surface area (Å²) in [7, 11) is 0. The van der Waals surface area contributed by atoms with E-state index in [-0.39, 0.29) is 36.9 Å². The van der Waals surface area contributed by atoms with Gasteiger partial charge in [0.15, 0.2) is 6.61 Å². The first-order valence-corrected chi connectivity index (χ1v) is 7.32. The minimum atomic E-state index is -0.221. The van der Waals surface area contributed by atoms with Crippen molar-refractivity contribution >= 4 is 47.2 Å². The van der Waals surface area contributed by atoms with Gasteiger partial charge in [-0.15, -0.1) is 12.4 Å². The first-order valence-electron chi connectivity index (χ1n) is 6.94. The molecule has 0 saturated carbocycles. The maximum atomic E-state index is 12.2. The number of nitrogens with one attached hydrogen (secondary N) is 3. The third-order valence-corrected chi connectivity index (χ3v) is 3.90. The fourth-order valence-corrected chi connectivity index (χ4v) is 2.70. The van der Waals surface area contributed by atoms with Crippen LogP contribution in [0.5, 0.6) is 5.75 Å². The number of carbonyl (C=O) groups excluding carboxylic acids is 2. The van der Waals surface area contributed by atoms with Gasteiger partial charge in [-0.2, -0.15) is 0 Å². The van der Waals surface area contributed by atoms with Crippen molar-refractivity contribution in [3.63, 3.8) is 0 Å². The molecule has 0 aliphatic carbocycles. The van der Waals surface area contributed by atoms with Crippen LogP contribution in [0.15, 0.2) is 12.1 Å². The maximum absolute atomic E-state index is 12.2. The lowest BCUT2D eigenvalue weighted by molar-refractivity contribution is -0.119. The summed E-state index contributed by atoms with van der Waals surface area (Å²) in [6.45, 7) is 0.817. The number of piperidine rings is 1. The van der Waals surface area contributed by atoms with Gasteiger partial charge in [-0.05, 0) is 25.5 Å². The highest BCUT2D eigenvalue weighted by Gasteiger charge is 2.23. The molecule has 1 atom stereocenters. The van der Waals surface area contributed by atoms with Crippen LogP contribution < -0.4 is 20.7 Å². The van der Waals surface area contributed by atoms with Gasteiger partial charge in [0.1, 0.15) is 5.75 Å². The monoisotopic (exact) mass is 345 g/mol. The molecule has 0 aromatic heterocycles. The summed E-state index contributed by atoms with van der Waals surface area (Å²) in [4.78, 5) is 23.4. The molecule has 2 aliphatic rings. The zero-order chi connectivity index (χ0) is 14.8. The van der Waals surface area contributed by atoms with Crippen LogP contribution in [0.3, 0.4) is 0 Å². The fraction of sp³-hybridized carbons (Fsp3) is 0.429. The van der Waals surface area contributed by atoms with Crippen LogP contribution in [0.1, 0.15) is 19.3 Å². The van der Waals surface area contributed by atoms with E-state index in [0.717, 1.165) is 25.8 Å². The van der Waals surface area contributed by atoms with Crippen molar-refractivity contribution < 1.29 is 14.3 Å². The summed E-state index contributed by atoms with van der Waals surface area (Å²) in [5, 5.41) is 9.03. The van der Waals surface area contributed by atoms with Crippen LogP contribution in [0.25, 0.3) is 0 Å². The van der Waals surface area contributed by atoms with Crippen molar-refractivity contribution in [3.05, 3.63) is 17.2 Å². The van der Waals surface area contributed by atoms with Crippen LogP contribution in [0, 0.1) is 0 Å². The highest BCUT2D eigenvalue weighted by molar-refractivity contribution is 6.34. The van der Waals surface area contributed by atoms with E-state index >= 15 is 0 Å². The first-order chi connectivity index (χ1) is 10.1. The molecule has 1 aromatic rings. The van der Waals surface area contributed by atoms with Gasteiger partial charge < -0.3 is 20.7 Å². The molecule has 120 valence electrons. The van der Waals surface area contributed by atoms with Gasteiger partial charge in [0, 0.05) is 6.07 Å². The van der Waals surface area contributed by atoms with Gasteiger partial charge in [0.25, 0.3) is 5.91 Å². The van der Waals surface area contributed by atoms with Crippen LogP contribution in [-0.2, 0) is 9.59 Å². The molecular formula is C14H17Cl2N3O3. The number of ether oxygens (including phenoxy) is 1. The smallest absolute Gasteiger partial charge is 0.262 e. The maximum Gasteiger partial charge on any atom is 0.262 e. The number of benzene rings is 1. The van der Waals surface area contributed by atoms with E-state index in [1.54, 1.807) is 12.1 Å². The second-order valence-corrected chi connectivity index (χ2v) is 5.56. The molecule has 1 aromatic carbocycles. The molecule has 2 aliphatic heterocycles. The lowest BCUT2D eigenvalue weighted by Gasteiger charge is -2.24. The number of amides is 2. The zero-order valence-corrected chi connectivity index (χ0v) is 13.4. The van der Waals surface area contributed by atoms with Gasteiger partial charge in [-0.1, -0.05) is 18.0 Å². The Morgan fingerprint density at radius 3 is 2.91 bits per heavy atom. The van der Waals surface area contributed by atoms with E-state index in [0.29, 0.717) is 22.1 Å². The second-order valence-electron chi connectivity index (χ2n) is 5.16. The average molecular weight is 346 g/mol. The van der Waals surface area contributed by atoms with E-state index in [2.05, 4.69) is 16.0 Å². The number of anilines is 2. The molecule has 0 bridgehead atoms. The Balaban J connectivity index is 0.00000176. The molecule has 1 fully saturated rings. The molecule has 2 heterocycles. The normalized spacial score (nSPS) is 20.0. The molecule has 3 N–H and O–H groups in total. The summed E-state index contributed by atoms with van der Waals surface area (Å²) in [6.07, 6.45) is 2.95. The SMILES string of the molecule is Cl.O=C1COc2cc(NC(=O)[C@@H]3CCCCN3)c(Cl)cc2N1. The molecule has 0 spiro atoms. The van der Waals surface area contributed by atoms with E-state index < -0.39 is 0 Å². The predicted octanol–water partition coefficient (Wildman–Crippen LogP) is 2.17. The molecule has 1 saturated heterocycles. The third-order valence-electron chi connectivity index (χ3n) is 3.59. The van der Waals surface area contributed by atoms with E-state index in [1.165, 1.54) is 0 Å². The van der Waals surface area contributed by atoms with Crippen molar-refractivity contribution in [2.45, 2.75) is 25.3 Å². The molecule has 6 nitrogen and oxygen atoms in total. The Morgan fingerprint density at radius 1 is 1.36 bits per heavy atom. The molecule has 0 radical (unpaired) electrons. The van der Waals surface area contributed by atoms with Crippen molar-refractivity contribution in [2.75, 3.05) is 23.8 Å². The molecule has 2 amide bonds. The van der Waals surface area contributed by atoms with Gasteiger partial charge in [0.05, 0.1) is 22.4 Å². The Bertz CT molecular complexity index is 589. The second kappa shape index (κ2) is 7.17. The number of fused-ring (bicyclic) bond motifs is 1. The van der Waals surface area contributed by atoms with Gasteiger partial charge in [0.2, 0.25) is 5.91 Å². The number of hydrogen-bond donors (Lipinski definition) is 3. The Kier molecular flexibility index (Phi) is 5.50. The summed E-state index contributed by atoms with van der Waals surface area (Å²) < 4.78 is 5.32. The Hall–Kier alpha value is -1.50. The van der Waals surface area contributed by atoms with E-state index in [4.69, 9.17) is 16.3 Å². The van der Waals surface area contributed by atoms with Crippen molar-refractivity contribution in [3.8, 4) is 5.75 Å². The molecular weight excluding hydrogens is 329 g/mol. The standard InChI is InChI=1S/C14H16ClN3O3.ClH/c15-8-5-11-12(21-7-13(19)17-11)6-10(8)18-14(20)9-3-1-2-4-16-9;/h5-6,9,16H,1-4,7H2,(H,17,19)(H,18,20);1H/t9-;/m0./s1. The Labute approximate surface area is 139 Å². The number of halogens is 2. The highest BCUT2D eigenvalue weighted by atomic mass is 35.5. The topological polar surface area (TPSA) is 79.5 Å². The molecule has 3 rings (SSSR count). The van der Waals surface area contributed by atoms with Crippen molar-refractivity contribution in [1.82, 2.24) is 5.32 Å². The lowest BCUT2D eigenvalue weighted by Crippen LogP contribution is -2.43. The molecule has 0 unspecified atom stereocenters. The minimum Gasteiger partial charge on any atom is -0.482 e. The highest BCUT2D eigenvalue weighted by Crippen LogP contribution is 2.36. The molecule has 8 heteroatoms. The van der Waals surface area contributed by atoms with Crippen LogP contribution >= 0.6 is 24.0 Å². The van der Waals surface area contributed by atoms with Crippen molar-refractivity contribution in [2.24, 2.45) is 0 Å². The van der Waals surface area contributed by atoms with Crippen LogP contribution in [0.2, 0.25) is 5.02 Å². The summed E-state index contributed by atoms with van der Waals surface area (Å²) in [5.74, 6) is 0.184. The Morgan fingerprint density at radius 2 is 2.18 bits per heavy atom. The minimum absolute atomic E-state index is 0. The lowest BCUT2D eigenvalue weighted by atomic mass is 10.0. The summed E-state index contributed by atoms with van der Waals surface area (Å²) in [5.41, 5.74) is 1.01. The zero-order valence-electron chi connectivity index (χ0n) is 11.8. The van der Waals surface area contributed by atoms with E-state index in [9.17, 15) is 9.59 Å². The van der Waals surface area contributed by atoms with Gasteiger partial charge in [-0.3, -0.25) is 9.59 Å². The number of rotatable bonds is 2. The van der Waals surface area contributed by atoms with Gasteiger partial charge in [-0.25, -0.2) is 0 Å². The number of hydrogen-bond acceptors (Lipinski definition) is 4. The predicted molar refractivity (Wildman–Crippen MR) is 87.1 cm³/mol. The quantitative estimate of drug-likeness (QED) is 0.767. The number of carbonyl (C=O) groups is 2. The summed E-state index contributed by atoms with van der Waals surface area (Å²) >= 11 is 6.15. The van der Waals surface area contributed by atoms with Crippen LogP contribution in [0.4, 0.5) is 11.4 Å². The van der Waals surface area contributed by atoms with Crippen molar-refractivity contribution in [1.29, 1.82) is 0 Å². The first kappa shape index (κ1) is 16.9. The molecule has 22 heavy (non-hydrogen) atoms. The third kappa shape index (κ3) is 3.63. The van der Waals surface area contributed by atoms with Gasteiger partial charge >= 0.3 is 0 Å². The largest absolute Gasteiger partial charge is 0.482 e. The fourth-order valence-electron chi connectivity index (χ4n) is 2.49. The van der Waals surface area contributed by atoms with E-state index in [1.807, 2.05) is 0 Å². The van der Waals surface area contributed by atoms with Crippen LogP contribution in [-0.4, -0.2) is 31.0 Å². The average Bonchev–Trinajstić information content (AvgIpc) is 2.49. The summed E-state index contributed by atoms with van der Waals surface area (Å²) in [6, 6.07) is 3.03.